The third kappa shape index (κ3) is 7.82. The van der Waals surface area contributed by atoms with Gasteiger partial charge in [0.1, 0.15) is 0 Å². The summed E-state index contributed by atoms with van der Waals surface area (Å²) in [5, 5.41) is 3.49. The molecule has 1 aliphatic carbocycles. The molecule has 0 atom stereocenters. The van der Waals surface area contributed by atoms with Crippen molar-refractivity contribution < 1.29 is 4.74 Å². The van der Waals surface area contributed by atoms with Gasteiger partial charge in [-0.15, -0.1) is 24.0 Å². The van der Waals surface area contributed by atoms with Crippen LogP contribution in [0, 0.1) is 5.92 Å². The van der Waals surface area contributed by atoms with Crippen LogP contribution in [-0.2, 0) is 4.74 Å². The van der Waals surface area contributed by atoms with Crippen LogP contribution in [0.25, 0.3) is 0 Å². The van der Waals surface area contributed by atoms with Crippen LogP contribution in [0.4, 0.5) is 0 Å². The van der Waals surface area contributed by atoms with E-state index in [-0.39, 0.29) is 24.0 Å². The summed E-state index contributed by atoms with van der Waals surface area (Å²) < 4.78 is 6.15. The molecule has 2 rings (SSSR count). The minimum absolute atomic E-state index is 0. The maximum absolute atomic E-state index is 6.15. The molecule has 1 aliphatic heterocycles. The largest absolute Gasteiger partial charge is 0.378 e. The standard InChI is InChI=1S/C17H33N3OS.HI/c1-18-17(19-10-5-13-22-2)20-11-8-16(9-12-20)21-14-15-6-3-4-7-15;/h15-16H,3-14H2,1-2H3,(H,18,19);1H. The van der Waals surface area contributed by atoms with Gasteiger partial charge in [-0.1, -0.05) is 12.8 Å². The fourth-order valence-electron chi connectivity index (χ4n) is 3.43. The van der Waals surface area contributed by atoms with Crippen molar-refractivity contribution in [1.29, 1.82) is 0 Å². The van der Waals surface area contributed by atoms with Gasteiger partial charge in [-0.3, -0.25) is 4.99 Å². The van der Waals surface area contributed by atoms with E-state index in [0.29, 0.717) is 6.10 Å². The molecule has 0 aromatic heterocycles. The van der Waals surface area contributed by atoms with Crippen LogP contribution in [-0.4, -0.2) is 62.3 Å². The third-order valence-electron chi connectivity index (χ3n) is 4.80. The molecule has 2 fully saturated rings. The molecule has 1 N–H and O–H groups in total. The lowest BCUT2D eigenvalue weighted by Crippen LogP contribution is -2.47. The van der Waals surface area contributed by atoms with E-state index in [4.69, 9.17) is 4.74 Å². The number of thioether (sulfide) groups is 1. The Morgan fingerprint density at radius 2 is 1.91 bits per heavy atom. The summed E-state index contributed by atoms with van der Waals surface area (Å²) in [5.41, 5.74) is 0. The molecule has 6 heteroatoms. The van der Waals surface area contributed by atoms with Gasteiger partial charge in [0, 0.05) is 33.3 Å². The third-order valence-corrected chi connectivity index (χ3v) is 5.50. The van der Waals surface area contributed by atoms with Crippen molar-refractivity contribution in [3.63, 3.8) is 0 Å². The minimum atomic E-state index is 0. The predicted octanol–water partition coefficient (Wildman–Crippen LogP) is 3.60. The Hall–Kier alpha value is 0.310. The number of hydrogen-bond donors (Lipinski definition) is 1. The number of nitrogens with zero attached hydrogens (tertiary/aromatic N) is 2. The summed E-state index contributed by atoms with van der Waals surface area (Å²) in [4.78, 5) is 6.81. The van der Waals surface area contributed by atoms with E-state index in [2.05, 4.69) is 21.5 Å². The van der Waals surface area contributed by atoms with Gasteiger partial charge < -0.3 is 15.0 Å². The number of halogens is 1. The number of hydrogen-bond acceptors (Lipinski definition) is 3. The highest BCUT2D eigenvalue weighted by molar-refractivity contribution is 14.0. The number of nitrogens with one attached hydrogen (secondary N) is 1. The van der Waals surface area contributed by atoms with Crippen LogP contribution in [0.15, 0.2) is 4.99 Å². The van der Waals surface area contributed by atoms with Crippen LogP contribution in [0.1, 0.15) is 44.9 Å². The number of likely N-dealkylation sites (tertiary alicyclic amines) is 1. The molecule has 0 aromatic rings. The minimum Gasteiger partial charge on any atom is -0.378 e. The molecule has 2 aliphatic rings. The van der Waals surface area contributed by atoms with Gasteiger partial charge in [0.2, 0.25) is 0 Å². The maximum Gasteiger partial charge on any atom is 0.193 e. The molecule has 0 bridgehead atoms. The lowest BCUT2D eigenvalue weighted by atomic mass is 10.1. The molecule has 0 amide bonds. The molecule has 4 nitrogen and oxygen atoms in total. The van der Waals surface area contributed by atoms with Crippen LogP contribution >= 0.6 is 35.7 Å². The molecule has 1 heterocycles. The summed E-state index contributed by atoms with van der Waals surface area (Å²) in [6, 6.07) is 0. The summed E-state index contributed by atoms with van der Waals surface area (Å²) in [5.74, 6) is 3.11. The molecule has 1 saturated heterocycles. The number of piperidine rings is 1. The molecule has 0 unspecified atom stereocenters. The maximum atomic E-state index is 6.15. The lowest BCUT2D eigenvalue weighted by molar-refractivity contribution is 0.00102. The molecule has 23 heavy (non-hydrogen) atoms. The van der Waals surface area contributed by atoms with E-state index in [1.165, 1.54) is 37.9 Å². The summed E-state index contributed by atoms with van der Waals surface area (Å²) in [6.07, 6.45) is 11.7. The predicted molar refractivity (Wildman–Crippen MR) is 112 cm³/mol. The molecule has 136 valence electrons. The number of aliphatic imine (C=N–C) groups is 1. The average molecular weight is 455 g/mol. The zero-order valence-electron chi connectivity index (χ0n) is 14.8. The zero-order chi connectivity index (χ0) is 15.6. The molecule has 0 aromatic carbocycles. The molecule has 0 spiro atoms. The molecule has 1 saturated carbocycles. The fourth-order valence-corrected chi connectivity index (χ4v) is 3.87. The van der Waals surface area contributed by atoms with Gasteiger partial charge in [-0.2, -0.15) is 11.8 Å². The second-order valence-electron chi connectivity index (χ2n) is 6.49. The second-order valence-corrected chi connectivity index (χ2v) is 7.48. The first-order chi connectivity index (χ1) is 10.8. The molecule has 0 radical (unpaired) electrons. The summed E-state index contributed by atoms with van der Waals surface area (Å²) in [7, 11) is 1.89. The topological polar surface area (TPSA) is 36.9 Å². The van der Waals surface area contributed by atoms with Crippen LogP contribution < -0.4 is 5.32 Å². The fraction of sp³-hybridized carbons (Fsp3) is 0.941. The van der Waals surface area contributed by atoms with Crippen molar-refractivity contribution in [2.45, 2.75) is 51.0 Å². The van der Waals surface area contributed by atoms with Gasteiger partial charge >= 0.3 is 0 Å². The number of guanidine groups is 1. The summed E-state index contributed by atoms with van der Waals surface area (Å²) in [6.45, 7) is 4.15. The van der Waals surface area contributed by atoms with Crippen molar-refractivity contribution in [2.75, 3.05) is 45.3 Å². The normalized spacial score (nSPS) is 20.6. The summed E-state index contributed by atoms with van der Waals surface area (Å²) >= 11 is 1.90. The first kappa shape index (κ1) is 21.4. The first-order valence-corrected chi connectivity index (χ1v) is 10.3. The Kier molecular flexibility index (Phi) is 11.7. The highest BCUT2D eigenvalue weighted by Crippen LogP contribution is 2.26. The van der Waals surface area contributed by atoms with Crippen molar-refractivity contribution in [1.82, 2.24) is 10.2 Å². The van der Waals surface area contributed by atoms with E-state index < -0.39 is 0 Å². The Bertz CT molecular complexity index is 330. The Labute approximate surface area is 163 Å². The number of ether oxygens (including phenoxy) is 1. The quantitative estimate of drug-likeness (QED) is 0.276. The van der Waals surface area contributed by atoms with Gasteiger partial charge in [-0.05, 0) is 50.0 Å². The lowest BCUT2D eigenvalue weighted by Gasteiger charge is -2.34. The van der Waals surface area contributed by atoms with Crippen molar-refractivity contribution in [3.05, 3.63) is 0 Å². The first-order valence-electron chi connectivity index (χ1n) is 8.89. The molecular weight excluding hydrogens is 421 g/mol. The van der Waals surface area contributed by atoms with E-state index in [0.717, 1.165) is 51.0 Å². The smallest absolute Gasteiger partial charge is 0.193 e. The average Bonchev–Trinajstić information content (AvgIpc) is 3.07. The van der Waals surface area contributed by atoms with Crippen LogP contribution in [0.2, 0.25) is 0 Å². The van der Waals surface area contributed by atoms with Gasteiger partial charge in [0.25, 0.3) is 0 Å². The Balaban J connectivity index is 0.00000264. The van der Waals surface area contributed by atoms with Crippen molar-refractivity contribution >= 4 is 41.7 Å². The molecular formula is C17H34IN3OS. The highest BCUT2D eigenvalue weighted by Gasteiger charge is 2.23. The van der Waals surface area contributed by atoms with E-state index in [1.54, 1.807) is 0 Å². The van der Waals surface area contributed by atoms with E-state index in [9.17, 15) is 0 Å². The van der Waals surface area contributed by atoms with Crippen LogP contribution in [0.5, 0.6) is 0 Å². The monoisotopic (exact) mass is 455 g/mol. The Morgan fingerprint density at radius 3 is 2.52 bits per heavy atom. The number of rotatable bonds is 7. The SMILES string of the molecule is CN=C(NCCCSC)N1CCC(OCC2CCCC2)CC1.I. The van der Waals surface area contributed by atoms with E-state index >= 15 is 0 Å². The van der Waals surface area contributed by atoms with Crippen LogP contribution in [0.3, 0.4) is 0 Å². The zero-order valence-corrected chi connectivity index (χ0v) is 17.9. The Morgan fingerprint density at radius 1 is 1.22 bits per heavy atom. The van der Waals surface area contributed by atoms with Gasteiger partial charge in [-0.25, -0.2) is 0 Å². The van der Waals surface area contributed by atoms with Crippen molar-refractivity contribution in [2.24, 2.45) is 10.9 Å². The van der Waals surface area contributed by atoms with Gasteiger partial charge in [0.15, 0.2) is 5.96 Å². The van der Waals surface area contributed by atoms with Gasteiger partial charge in [0.05, 0.1) is 6.10 Å². The van der Waals surface area contributed by atoms with Crippen molar-refractivity contribution in [3.8, 4) is 0 Å². The second kappa shape index (κ2) is 12.6. The highest BCUT2D eigenvalue weighted by atomic mass is 127. The van der Waals surface area contributed by atoms with E-state index in [1.807, 2.05) is 18.8 Å².